The lowest BCUT2D eigenvalue weighted by Gasteiger charge is -2.14. The standard InChI is InChI=1S/C13H16N2O2S/c1-8-3-4-10(7-9(8)2)14-13(18)15-11-5-6-17-12(11)16/h3-4,7,11H,5-6H2,1-2H3,(H2,14,15,18)/t11-/m0/s1. The molecule has 2 N–H and O–H groups in total. The summed E-state index contributed by atoms with van der Waals surface area (Å²) in [6.07, 6.45) is 0.660. The van der Waals surface area contributed by atoms with E-state index in [1.807, 2.05) is 25.1 Å². The van der Waals surface area contributed by atoms with Gasteiger partial charge in [-0.05, 0) is 49.3 Å². The Kier molecular flexibility index (Phi) is 3.81. The molecule has 0 aliphatic carbocycles. The van der Waals surface area contributed by atoms with Crippen LogP contribution in [0.25, 0.3) is 0 Å². The van der Waals surface area contributed by atoms with Crippen LogP contribution in [0.4, 0.5) is 5.69 Å². The van der Waals surface area contributed by atoms with Crippen LogP contribution < -0.4 is 10.6 Å². The molecule has 1 aromatic carbocycles. The third kappa shape index (κ3) is 2.98. The second-order valence-electron chi connectivity index (χ2n) is 4.41. The summed E-state index contributed by atoms with van der Waals surface area (Å²) >= 11 is 5.17. The molecule has 1 saturated heterocycles. The Labute approximate surface area is 112 Å². The number of aryl methyl sites for hydroxylation is 2. The van der Waals surface area contributed by atoms with Gasteiger partial charge >= 0.3 is 5.97 Å². The highest BCUT2D eigenvalue weighted by molar-refractivity contribution is 7.80. The molecule has 1 atom stereocenters. The number of hydrogen-bond donors (Lipinski definition) is 2. The summed E-state index contributed by atoms with van der Waals surface area (Å²) in [5.74, 6) is -0.237. The van der Waals surface area contributed by atoms with E-state index in [-0.39, 0.29) is 12.0 Å². The first-order chi connectivity index (χ1) is 8.56. The number of anilines is 1. The van der Waals surface area contributed by atoms with Gasteiger partial charge in [0.2, 0.25) is 0 Å². The van der Waals surface area contributed by atoms with Crippen molar-refractivity contribution in [1.29, 1.82) is 0 Å². The Hall–Kier alpha value is -1.62. The molecule has 1 fully saturated rings. The molecule has 5 heteroatoms. The number of esters is 1. The fraction of sp³-hybridized carbons (Fsp3) is 0.385. The third-order valence-electron chi connectivity index (χ3n) is 3.01. The van der Waals surface area contributed by atoms with Crippen LogP contribution in [0.3, 0.4) is 0 Å². The summed E-state index contributed by atoms with van der Waals surface area (Å²) in [6, 6.07) is 5.69. The van der Waals surface area contributed by atoms with Crippen molar-refractivity contribution in [3.63, 3.8) is 0 Å². The lowest BCUT2D eigenvalue weighted by Crippen LogP contribution is -2.40. The van der Waals surface area contributed by atoms with Crippen LogP contribution in [0.2, 0.25) is 0 Å². The van der Waals surface area contributed by atoms with Gasteiger partial charge in [-0.1, -0.05) is 6.07 Å². The average molecular weight is 264 g/mol. The van der Waals surface area contributed by atoms with Crippen molar-refractivity contribution < 1.29 is 9.53 Å². The van der Waals surface area contributed by atoms with Gasteiger partial charge in [-0.3, -0.25) is 0 Å². The molecule has 0 amide bonds. The van der Waals surface area contributed by atoms with Crippen molar-refractivity contribution in [2.75, 3.05) is 11.9 Å². The highest BCUT2D eigenvalue weighted by Crippen LogP contribution is 2.14. The largest absolute Gasteiger partial charge is 0.464 e. The number of carbonyl (C=O) groups excluding carboxylic acids is 1. The maximum atomic E-state index is 11.3. The Balaban J connectivity index is 1.94. The minimum atomic E-state index is -0.323. The van der Waals surface area contributed by atoms with Gasteiger partial charge in [0.25, 0.3) is 0 Å². The van der Waals surface area contributed by atoms with Gasteiger partial charge in [-0.2, -0.15) is 0 Å². The first kappa shape index (κ1) is 12.8. The molecule has 0 aromatic heterocycles. The normalized spacial score (nSPS) is 18.3. The van der Waals surface area contributed by atoms with Gasteiger partial charge in [0.1, 0.15) is 6.04 Å². The fourth-order valence-corrected chi connectivity index (χ4v) is 2.03. The summed E-state index contributed by atoms with van der Waals surface area (Å²) in [5, 5.41) is 6.47. The van der Waals surface area contributed by atoms with Crippen molar-refractivity contribution in [3.8, 4) is 0 Å². The third-order valence-corrected chi connectivity index (χ3v) is 3.23. The van der Waals surface area contributed by atoms with Crippen LogP contribution in [-0.4, -0.2) is 23.7 Å². The number of nitrogens with one attached hydrogen (secondary N) is 2. The molecule has 1 aliphatic rings. The quantitative estimate of drug-likeness (QED) is 0.631. The van der Waals surface area contributed by atoms with Crippen molar-refractivity contribution >= 4 is 29.0 Å². The molecular formula is C13H16N2O2S. The monoisotopic (exact) mass is 264 g/mol. The summed E-state index contributed by atoms with van der Waals surface area (Å²) in [6.45, 7) is 4.57. The van der Waals surface area contributed by atoms with E-state index in [1.165, 1.54) is 11.1 Å². The molecule has 96 valence electrons. The smallest absolute Gasteiger partial charge is 0.328 e. The number of ether oxygens (including phenoxy) is 1. The number of cyclic esters (lactones) is 1. The number of hydrogen-bond acceptors (Lipinski definition) is 3. The van der Waals surface area contributed by atoms with Crippen LogP contribution in [0, 0.1) is 13.8 Å². The first-order valence-electron chi connectivity index (χ1n) is 5.87. The molecule has 0 saturated carbocycles. The van der Waals surface area contributed by atoms with Gasteiger partial charge in [0.05, 0.1) is 6.61 Å². The summed E-state index contributed by atoms with van der Waals surface area (Å²) in [7, 11) is 0. The van der Waals surface area contributed by atoms with Crippen LogP contribution in [0.5, 0.6) is 0 Å². The lowest BCUT2D eigenvalue weighted by atomic mass is 10.1. The molecule has 0 spiro atoms. The molecule has 0 bridgehead atoms. The molecule has 2 rings (SSSR count). The van der Waals surface area contributed by atoms with E-state index in [1.54, 1.807) is 0 Å². The van der Waals surface area contributed by atoms with Gasteiger partial charge < -0.3 is 15.4 Å². The maximum absolute atomic E-state index is 11.3. The molecule has 0 unspecified atom stereocenters. The molecular weight excluding hydrogens is 248 g/mol. The Morgan fingerprint density at radius 2 is 2.17 bits per heavy atom. The number of rotatable bonds is 2. The molecule has 1 aromatic rings. The molecule has 0 radical (unpaired) electrons. The Morgan fingerprint density at radius 1 is 1.39 bits per heavy atom. The fourth-order valence-electron chi connectivity index (χ4n) is 1.77. The zero-order valence-electron chi connectivity index (χ0n) is 10.4. The van der Waals surface area contributed by atoms with Crippen LogP contribution in [0.1, 0.15) is 17.5 Å². The number of benzene rings is 1. The SMILES string of the molecule is Cc1ccc(NC(=S)N[C@H]2CCOC2=O)cc1C. The van der Waals surface area contributed by atoms with E-state index in [4.69, 9.17) is 17.0 Å². The van der Waals surface area contributed by atoms with E-state index < -0.39 is 0 Å². The van der Waals surface area contributed by atoms with Crippen molar-refractivity contribution in [1.82, 2.24) is 5.32 Å². The van der Waals surface area contributed by atoms with E-state index in [0.717, 1.165) is 5.69 Å². The molecule has 18 heavy (non-hydrogen) atoms. The zero-order chi connectivity index (χ0) is 13.1. The van der Waals surface area contributed by atoms with E-state index >= 15 is 0 Å². The second kappa shape index (κ2) is 5.35. The van der Waals surface area contributed by atoms with Gasteiger partial charge in [-0.25, -0.2) is 4.79 Å². The van der Waals surface area contributed by atoms with Crippen molar-refractivity contribution in [2.24, 2.45) is 0 Å². The Bertz CT molecular complexity index is 488. The van der Waals surface area contributed by atoms with Gasteiger partial charge in [0.15, 0.2) is 5.11 Å². The topological polar surface area (TPSA) is 50.4 Å². The molecule has 1 aliphatic heterocycles. The molecule has 4 nitrogen and oxygen atoms in total. The number of carbonyl (C=O) groups is 1. The maximum Gasteiger partial charge on any atom is 0.328 e. The van der Waals surface area contributed by atoms with Crippen molar-refractivity contribution in [3.05, 3.63) is 29.3 Å². The van der Waals surface area contributed by atoms with E-state index in [9.17, 15) is 4.79 Å². The van der Waals surface area contributed by atoms with Crippen LogP contribution >= 0.6 is 12.2 Å². The van der Waals surface area contributed by atoms with E-state index in [2.05, 4.69) is 17.6 Å². The zero-order valence-corrected chi connectivity index (χ0v) is 11.3. The summed E-state index contributed by atoms with van der Waals surface area (Å²) < 4.78 is 4.86. The Morgan fingerprint density at radius 3 is 2.78 bits per heavy atom. The first-order valence-corrected chi connectivity index (χ1v) is 6.28. The highest BCUT2D eigenvalue weighted by atomic mass is 32.1. The predicted octanol–water partition coefficient (Wildman–Crippen LogP) is 1.91. The minimum absolute atomic E-state index is 0.237. The molecule has 1 heterocycles. The lowest BCUT2D eigenvalue weighted by molar-refractivity contribution is -0.139. The second-order valence-corrected chi connectivity index (χ2v) is 4.81. The van der Waals surface area contributed by atoms with Gasteiger partial charge in [-0.15, -0.1) is 0 Å². The van der Waals surface area contributed by atoms with Gasteiger partial charge in [0, 0.05) is 12.1 Å². The summed E-state index contributed by atoms with van der Waals surface area (Å²) in [4.78, 5) is 11.3. The predicted molar refractivity (Wildman–Crippen MR) is 74.6 cm³/mol. The minimum Gasteiger partial charge on any atom is -0.464 e. The van der Waals surface area contributed by atoms with Crippen molar-refractivity contribution in [2.45, 2.75) is 26.3 Å². The number of thiocarbonyl (C=S) groups is 1. The van der Waals surface area contributed by atoms with Crippen LogP contribution in [-0.2, 0) is 9.53 Å². The highest BCUT2D eigenvalue weighted by Gasteiger charge is 2.26. The van der Waals surface area contributed by atoms with Crippen LogP contribution in [0.15, 0.2) is 18.2 Å². The summed E-state index contributed by atoms with van der Waals surface area (Å²) in [5.41, 5.74) is 3.35. The van der Waals surface area contributed by atoms with E-state index in [0.29, 0.717) is 18.1 Å². The average Bonchev–Trinajstić information content (AvgIpc) is 2.70.